The second kappa shape index (κ2) is 6.15. The van der Waals surface area contributed by atoms with Crippen LogP contribution in [0, 0.1) is 12.8 Å². The van der Waals surface area contributed by atoms with Crippen molar-refractivity contribution in [1.82, 2.24) is 15.5 Å². The zero-order valence-corrected chi connectivity index (χ0v) is 13.2. The molecule has 118 valence electrons. The summed E-state index contributed by atoms with van der Waals surface area (Å²) in [6, 6.07) is 0.0747. The van der Waals surface area contributed by atoms with Crippen molar-refractivity contribution in [2.24, 2.45) is 11.1 Å². The van der Waals surface area contributed by atoms with Gasteiger partial charge >= 0.3 is 0 Å². The van der Waals surface area contributed by atoms with Crippen LogP contribution in [0.2, 0.25) is 0 Å². The number of amides is 1. The lowest BCUT2D eigenvalue weighted by atomic mass is 9.84. The number of carbonyl (C=O) groups excluding carboxylic acids is 1. The summed E-state index contributed by atoms with van der Waals surface area (Å²) in [7, 11) is -3.97. The lowest BCUT2D eigenvalue weighted by molar-refractivity contribution is 0.0913. The highest BCUT2D eigenvalue weighted by molar-refractivity contribution is 7.89. The fourth-order valence-corrected chi connectivity index (χ4v) is 3.77. The number of aromatic amines is 1. The van der Waals surface area contributed by atoms with Gasteiger partial charge in [0.05, 0.1) is 5.69 Å². The first-order valence-corrected chi connectivity index (χ1v) is 8.76. The zero-order chi connectivity index (χ0) is 15.6. The molecule has 1 saturated carbocycles. The topological polar surface area (TPSA) is 118 Å². The highest BCUT2D eigenvalue weighted by Gasteiger charge is 2.28. The van der Waals surface area contributed by atoms with Crippen LogP contribution in [0.3, 0.4) is 0 Å². The number of aromatic nitrogens is 2. The van der Waals surface area contributed by atoms with E-state index in [0.29, 0.717) is 0 Å². The Kier molecular flexibility index (Phi) is 4.67. The summed E-state index contributed by atoms with van der Waals surface area (Å²) in [5.41, 5.74) is 0.130. The van der Waals surface area contributed by atoms with E-state index in [1.54, 1.807) is 0 Å². The number of nitrogens with one attached hydrogen (secondary N) is 2. The Labute approximate surface area is 124 Å². The number of sulfonamides is 1. The van der Waals surface area contributed by atoms with E-state index < -0.39 is 15.9 Å². The van der Waals surface area contributed by atoms with Crippen molar-refractivity contribution >= 4 is 15.9 Å². The van der Waals surface area contributed by atoms with Crippen LogP contribution >= 0.6 is 0 Å². The molecular formula is C13H22N4O3S. The van der Waals surface area contributed by atoms with Crippen LogP contribution in [-0.4, -0.2) is 30.6 Å². The molecule has 0 spiro atoms. The number of aryl methyl sites for hydroxylation is 1. The molecule has 7 nitrogen and oxygen atoms in total. The van der Waals surface area contributed by atoms with Gasteiger partial charge in [-0.1, -0.05) is 13.3 Å². The van der Waals surface area contributed by atoms with Crippen molar-refractivity contribution < 1.29 is 13.2 Å². The molecule has 0 atom stereocenters. The summed E-state index contributed by atoms with van der Waals surface area (Å²) in [6.07, 6.45) is 5.16. The second-order valence-corrected chi connectivity index (χ2v) is 7.17. The molecule has 0 aromatic carbocycles. The van der Waals surface area contributed by atoms with Gasteiger partial charge in [0, 0.05) is 6.04 Å². The lowest BCUT2D eigenvalue weighted by Crippen LogP contribution is -2.38. The molecular weight excluding hydrogens is 292 g/mol. The van der Waals surface area contributed by atoms with E-state index in [-0.39, 0.29) is 22.3 Å². The maximum Gasteiger partial charge on any atom is 0.273 e. The predicted molar refractivity (Wildman–Crippen MR) is 78.2 cm³/mol. The first kappa shape index (κ1) is 16.0. The molecule has 1 aliphatic rings. The number of hydrogen-bond acceptors (Lipinski definition) is 4. The van der Waals surface area contributed by atoms with E-state index >= 15 is 0 Å². The van der Waals surface area contributed by atoms with Gasteiger partial charge in [-0.2, -0.15) is 5.10 Å². The van der Waals surface area contributed by atoms with Crippen LogP contribution in [0.15, 0.2) is 4.90 Å². The SMILES string of the molecule is CCC1CCC(NC(=O)c2n[nH]c(C)c2S(N)(=O)=O)CC1. The van der Waals surface area contributed by atoms with Crippen LogP contribution in [-0.2, 0) is 10.0 Å². The molecule has 0 radical (unpaired) electrons. The number of carbonyl (C=O) groups is 1. The third kappa shape index (κ3) is 3.62. The molecule has 21 heavy (non-hydrogen) atoms. The minimum Gasteiger partial charge on any atom is -0.348 e. The molecule has 4 N–H and O–H groups in total. The number of nitrogens with two attached hydrogens (primary N) is 1. The number of H-pyrrole nitrogens is 1. The first-order valence-electron chi connectivity index (χ1n) is 7.21. The Hall–Kier alpha value is -1.41. The minimum atomic E-state index is -3.97. The van der Waals surface area contributed by atoms with Crippen molar-refractivity contribution in [1.29, 1.82) is 0 Å². The van der Waals surface area contributed by atoms with E-state index in [1.165, 1.54) is 6.92 Å². The molecule has 0 unspecified atom stereocenters. The van der Waals surface area contributed by atoms with Gasteiger partial charge < -0.3 is 5.32 Å². The summed E-state index contributed by atoms with van der Waals surface area (Å²) < 4.78 is 23.1. The van der Waals surface area contributed by atoms with E-state index in [4.69, 9.17) is 5.14 Å². The number of nitrogens with zero attached hydrogens (tertiary/aromatic N) is 1. The normalized spacial score (nSPS) is 23.0. The van der Waals surface area contributed by atoms with E-state index in [9.17, 15) is 13.2 Å². The van der Waals surface area contributed by atoms with Gasteiger partial charge in [0.15, 0.2) is 5.69 Å². The van der Waals surface area contributed by atoms with E-state index in [1.807, 2.05) is 0 Å². The molecule has 0 saturated heterocycles. The summed E-state index contributed by atoms with van der Waals surface area (Å²) in [5.74, 6) is 0.245. The standard InChI is InChI=1S/C13H22N4O3S/c1-3-9-4-6-10(7-5-9)15-13(18)11-12(21(14,19)20)8(2)16-17-11/h9-10H,3-7H2,1-2H3,(H,15,18)(H,16,17)(H2,14,19,20). The molecule has 0 bridgehead atoms. The Balaban J connectivity index is 2.09. The highest BCUT2D eigenvalue weighted by Crippen LogP contribution is 2.27. The van der Waals surface area contributed by atoms with Crippen molar-refractivity contribution in [3.8, 4) is 0 Å². The third-order valence-corrected chi connectivity index (χ3v) is 5.22. The summed E-state index contributed by atoms with van der Waals surface area (Å²) in [6.45, 7) is 3.70. The van der Waals surface area contributed by atoms with E-state index in [0.717, 1.165) is 38.0 Å². The first-order chi connectivity index (χ1) is 9.82. The Morgan fingerprint density at radius 2 is 2.00 bits per heavy atom. The molecule has 1 aromatic rings. The molecule has 1 heterocycles. The quantitative estimate of drug-likeness (QED) is 0.770. The minimum absolute atomic E-state index is 0.0747. The highest BCUT2D eigenvalue weighted by atomic mass is 32.2. The van der Waals surface area contributed by atoms with Gasteiger partial charge in [0.2, 0.25) is 10.0 Å². The van der Waals surface area contributed by atoms with Gasteiger partial charge in [-0.15, -0.1) is 0 Å². The fourth-order valence-electron chi connectivity index (χ4n) is 2.89. The van der Waals surface area contributed by atoms with Crippen molar-refractivity contribution in [2.45, 2.75) is 56.9 Å². The maximum absolute atomic E-state index is 12.2. The third-order valence-electron chi connectivity index (χ3n) is 4.15. The molecule has 8 heteroatoms. The van der Waals surface area contributed by atoms with Gasteiger partial charge in [0.1, 0.15) is 4.90 Å². The average Bonchev–Trinajstić information content (AvgIpc) is 2.81. The second-order valence-electron chi connectivity index (χ2n) is 5.67. The lowest BCUT2D eigenvalue weighted by Gasteiger charge is -2.28. The number of hydrogen-bond donors (Lipinski definition) is 3. The smallest absolute Gasteiger partial charge is 0.273 e. The van der Waals surface area contributed by atoms with Gasteiger partial charge in [-0.3, -0.25) is 9.89 Å². The largest absolute Gasteiger partial charge is 0.348 e. The Bertz CT molecular complexity index is 615. The fraction of sp³-hybridized carbons (Fsp3) is 0.692. The van der Waals surface area contributed by atoms with Crippen molar-refractivity contribution in [3.05, 3.63) is 11.4 Å². The average molecular weight is 314 g/mol. The van der Waals surface area contributed by atoms with Gasteiger partial charge in [0.25, 0.3) is 5.91 Å². The predicted octanol–water partition coefficient (Wildman–Crippen LogP) is 1.06. The summed E-state index contributed by atoms with van der Waals surface area (Å²) >= 11 is 0. The molecule has 1 fully saturated rings. The number of rotatable bonds is 4. The molecule has 2 rings (SSSR count). The van der Waals surface area contributed by atoms with Crippen LogP contribution in [0.25, 0.3) is 0 Å². The van der Waals surface area contributed by atoms with Crippen molar-refractivity contribution in [2.75, 3.05) is 0 Å². The molecule has 1 aliphatic carbocycles. The van der Waals surface area contributed by atoms with Crippen LogP contribution in [0.1, 0.15) is 55.2 Å². The Morgan fingerprint density at radius 3 is 2.52 bits per heavy atom. The summed E-state index contributed by atoms with van der Waals surface area (Å²) in [5, 5.41) is 14.3. The van der Waals surface area contributed by atoms with Crippen LogP contribution in [0.5, 0.6) is 0 Å². The number of primary sulfonamides is 1. The zero-order valence-electron chi connectivity index (χ0n) is 12.3. The van der Waals surface area contributed by atoms with Gasteiger partial charge in [-0.25, -0.2) is 13.6 Å². The summed E-state index contributed by atoms with van der Waals surface area (Å²) in [4.78, 5) is 12.0. The van der Waals surface area contributed by atoms with E-state index in [2.05, 4.69) is 22.4 Å². The van der Waals surface area contributed by atoms with Crippen molar-refractivity contribution in [3.63, 3.8) is 0 Å². The molecule has 1 amide bonds. The maximum atomic E-state index is 12.2. The van der Waals surface area contributed by atoms with Crippen LogP contribution in [0.4, 0.5) is 0 Å². The Morgan fingerprint density at radius 1 is 1.38 bits per heavy atom. The van der Waals surface area contributed by atoms with Crippen LogP contribution < -0.4 is 10.5 Å². The molecule has 0 aliphatic heterocycles. The van der Waals surface area contributed by atoms with Gasteiger partial charge in [-0.05, 0) is 38.5 Å². The monoisotopic (exact) mass is 314 g/mol. The molecule has 1 aromatic heterocycles.